The normalized spacial score (nSPS) is 32.5. The van der Waals surface area contributed by atoms with Crippen LogP contribution in [0.5, 0.6) is 5.75 Å². The first kappa shape index (κ1) is 23.0. The van der Waals surface area contributed by atoms with E-state index in [0.717, 1.165) is 55.9 Å². The number of carbonyl (C=O) groups is 1. The summed E-state index contributed by atoms with van der Waals surface area (Å²) >= 11 is 0. The highest BCUT2D eigenvalue weighted by molar-refractivity contribution is 5.78. The maximum atomic E-state index is 13.6. The van der Waals surface area contributed by atoms with Gasteiger partial charge >= 0.3 is 0 Å². The van der Waals surface area contributed by atoms with E-state index in [9.17, 15) is 15.0 Å². The Morgan fingerprint density at radius 1 is 1.17 bits per heavy atom. The van der Waals surface area contributed by atoms with Gasteiger partial charge < -0.3 is 15.1 Å². The summed E-state index contributed by atoms with van der Waals surface area (Å²) in [5, 5.41) is 23.2. The molecule has 6 heteroatoms. The Bertz CT molecular complexity index is 1100. The number of phenols is 1. The van der Waals surface area contributed by atoms with Gasteiger partial charge in [-0.15, -0.1) is 0 Å². The number of fused-ring (bicyclic) bond motifs is 1. The third-order valence-electron chi connectivity index (χ3n) is 9.48. The van der Waals surface area contributed by atoms with Crippen molar-refractivity contribution >= 4 is 5.91 Å². The first-order valence-electron chi connectivity index (χ1n) is 13.4. The van der Waals surface area contributed by atoms with E-state index < -0.39 is 11.0 Å². The maximum Gasteiger partial charge on any atom is 0.228 e. The van der Waals surface area contributed by atoms with Crippen LogP contribution < -0.4 is 0 Å². The van der Waals surface area contributed by atoms with Crippen LogP contribution in [0, 0.1) is 5.92 Å². The predicted molar refractivity (Wildman–Crippen MR) is 134 cm³/mol. The highest BCUT2D eigenvalue weighted by Crippen LogP contribution is 2.57. The smallest absolute Gasteiger partial charge is 0.228 e. The average Bonchev–Trinajstić information content (AvgIpc) is 3.68. The number of phenolic OH excluding ortho intramolecular Hbond substituents is 1. The summed E-state index contributed by atoms with van der Waals surface area (Å²) in [6, 6.07) is 11.5. The van der Waals surface area contributed by atoms with Gasteiger partial charge in [-0.25, -0.2) is 0 Å². The lowest BCUT2D eigenvalue weighted by atomic mass is 9.52. The van der Waals surface area contributed by atoms with Crippen molar-refractivity contribution in [2.24, 2.45) is 5.92 Å². The molecule has 6 rings (SSSR count). The summed E-state index contributed by atoms with van der Waals surface area (Å²) in [7, 11) is 0. The Labute approximate surface area is 208 Å². The number of hydrogen-bond acceptors (Lipinski definition) is 5. The molecule has 2 saturated heterocycles. The van der Waals surface area contributed by atoms with Crippen molar-refractivity contribution < 1.29 is 15.0 Å². The molecular weight excluding hydrogens is 438 g/mol. The monoisotopic (exact) mass is 475 g/mol. The summed E-state index contributed by atoms with van der Waals surface area (Å²) in [5.74, 6) is 1.12. The zero-order chi connectivity index (χ0) is 24.2. The molecule has 2 N–H and O–H groups in total. The SMILES string of the molecule is CCC1C[C@@]2(O)[C@H]3Cc4ccc(O)cc4[C@]2(CCN1C(=O)Cc1ccccn1)CCN3CC1CC1. The molecule has 6 nitrogen and oxygen atoms in total. The molecule has 1 aromatic heterocycles. The minimum Gasteiger partial charge on any atom is -0.508 e. The van der Waals surface area contributed by atoms with Crippen LogP contribution in [-0.4, -0.2) is 68.2 Å². The second-order valence-corrected chi connectivity index (χ2v) is 11.4. The molecule has 1 unspecified atom stereocenters. The van der Waals surface area contributed by atoms with E-state index in [1.165, 1.54) is 18.4 Å². The molecule has 1 aromatic carbocycles. The highest BCUT2D eigenvalue weighted by atomic mass is 16.3. The fourth-order valence-corrected chi connectivity index (χ4v) is 7.46. The molecule has 2 bridgehead atoms. The molecule has 186 valence electrons. The molecule has 4 atom stereocenters. The standard InChI is InChI=1S/C29H37N3O3/c1-2-23-18-29(35)26-15-21-8-9-24(33)17-25(21)28(29,10-13-31(26)19-20-6-7-20)11-14-32(23)27(34)16-22-5-3-4-12-30-22/h3-5,8-9,12,17,20,23,26,33,35H,2,6-7,10-11,13-16,18-19H2,1H3/t23?,26-,28-,29-/m1/s1. The number of benzene rings is 1. The van der Waals surface area contributed by atoms with Crippen LogP contribution in [0.15, 0.2) is 42.6 Å². The predicted octanol–water partition coefficient (Wildman–Crippen LogP) is 3.44. The minimum absolute atomic E-state index is 0.0136. The lowest BCUT2D eigenvalue weighted by molar-refractivity contribution is -0.154. The Hall–Kier alpha value is -2.44. The number of piperidine rings is 1. The minimum atomic E-state index is -0.929. The quantitative estimate of drug-likeness (QED) is 0.693. The molecule has 1 saturated carbocycles. The molecule has 35 heavy (non-hydrogen) atoms. The lowest BCUT2D eigenvalue weighted by Crippen LogP contribution is -2.72. The van der Waals surface area contributed by atoms with Crippen molar-refractivity contribution in [1.29, 1.82) is 0 Å². The molecular formula is C29H37N3O3. The number of rotatable bonds is 5. The van der Waals surface area contributed by atoms with E-state index in [-0.39, 0.29) is 30.2 Å². The Balaban J connectivity index is 1.39. The van der Waals surface area contributed by atoms with Crippen molar-refractivity contribution in [1.82, 2.24) is 14.8 Å². The lowest BCUT2D eigenvalue weighted by Gasteiger charge is -2.62. The van der Waals surface area contributed by atoms with Gasteiger partial charge in [0.25, 0.3) is 0 Å². The number of amides is 1. The van der Waals surface area contributed by atoms with Gasteiger partial charge in [-0.3, -0.25) is 14.7 Å². The van der Waals surface area contributed by atoms with Gasteiger partial charge in [-0.2, -0.15) is 0 Å². The van der Waals surface area contributed by atoms with Gasteiger partial charge in [0, 0.05) is 42.5 Å². The molecule has 1 amide bonds. The van der Waals surface area contributed by atoms with Crippen LogP contribution in [0.3, 0.4) is 0 Å². The summed E-state index contributed by atoms with van der Waals surface area (Å²) in [6.45, 7) is 4.79. The Morgan fingerprint density at radius 2 is 2.00 bits per heavy atom. The van der Waals surface area contributed by atoms with E-state index in [2.05, 4.69) is 22.9 Å². The number of likely N-dealkylation sites (tertiary alicyclic amines) is 2. The number of nitrogens with zero attached hydrogens (tertiary/aromatic N) is 3. The molecule has 2 aliphatic heterocycles. The topological polar surface area (TPSA) is 76.9 Å². The van der Waals surface area contributed by atoms with Crippen LogP contribution in [0.25, 0.3) is 0 Å². The van der Waals surface area contributed by atoms with E-state index in [4.69, 9.17) is 0 Å². The van der Waals surface area contributed by atoms with Gasteiger partial charge in [-0.05, 0) is 92.8 Å². The molecule has 2 aromatic rings. The van der Waals surface area contributed by atoms with Crippen molar-refractivity contribution in [2.45, 2.75) is 81.4 Å². The Kier molecular flexibility index (Phi) is 5.65. The van der Waals surface area contributed by atoms with E-state index >= 15 is 0 Å². The van der Waals surface area contributed by atoms with Crippen LogP contribution >= 0.6 is 0 Å². The summed E-state index contributed by atoms with van der Waals surface area (Å²) in [4.78, 5) is 22.5. The second kappa shape index (κ2) is 8.59. The zero-order valence-electron chi connectivity index (χ0n) is 20.7. The highest BCUT2D eigenvalue weighted by Gasteiger charge is 2.64. The van der Waals surface area contributed by atoms with Gasteiger partial charge in [0.2, 0.25) is 5.91 Å². The third kappa shape index (κ3) is 3.77. The van der Waals surface area contributed by atoms with Gasteiger partial charge in [0.15, 0.2) is 0 Å². The third-order valence-corrected chi connectivity index (χ3v) is 9.48. The molecule has 0 spiro atoms. The van der Waals surface area contributed by atoms with Crippen molar-refractivity contribution in [3.8, 4) is 5.75 Å². The molecule has 2 aliphatic carbocycles. The average molecular weight is 476 g/mol. The number of carbonyl (C=O) groups excluding carboxylic acids is 1. The number of aromatic hydroxyl groups is 1. The van der Waals surface area contributed by atoms with Crippen LogP contribution in [0.2, 0.25) is 0 Å². The number of aliphatic hydroxyl groups is 1. The zero-order valence-corrected chi connectivity index (χ0v) is 20.7. The van der Waals surface area contributed by atoms with Crippen LogP contribution in [0.1, 0.15) is 62.3 Å². The van der Waals surface area contributed by atoms with E-state index in [1.807, 2.05) is 29.2 Å². The first-order valence-corrected chi connectivity index (χ1v) is 13.4. The number of hydrogen-bond donors (Lipinski definition) is 2. The van der Waals surface area contributed by atoms with E-state index in [1.54, 1.807) is 12.3 Å². The second-order valence-electron chi connectivity index (χ2n) is 11.4. The first-order chi connectivity index (χ1) is 16.9. The molecule has 4 aliphatic rings. The largest absolute Gasteiger partial charge is 0.508 e. The molecule has 3 heterocycles. The van der Waals surface area contributed by atoms with Crippen molar-refractivity contribution in [3.63, 3.8) is 0 Å². The maximum absolute atomic E-state index is 13.6. The number of aromatic nitrogens is 1. The fourth-order valence-electron chi connectivity index (χ4n) is 7.46. The van der Waals surface area contributed by atoms with Crippen LogP contribution in [-0.2, 0) is 23.1 Å². The van der Waals surface area contributed by atoms with E-state index in [0.29, 0.717) is 13.0 Å². The van der Waals surface area contributed by atoms with Crippen LogP contribution in [0.4, 0.5) is 0 Å². The molecule has 0 radical (unpaired) electrons. The summed E-state index contributed by atoms with van der Waals surface area (Å²) in [6.07, 6.45) is 8.40. The summed E-state index contributed by atoms with van der Waals surface area (Å²) in [5.41, 5.74) is 1.77. The fraction of sp³-hybridized carbons (Fsp3) is 0.586. The molecule has 3 fully saturated rings. The Morgan fingerprint density at radius 3 is 2.74 bits per heavy atom. The van der Waals surface area contributed by atoms with Gasteiger partial charge in [-0.1, -0.05) is 19.1 Å². The van der Waals surface area contributed by atoms with Gasteiger partial charge in [0.1, 0.15) is 5.75 Å². The van der Waals surface area contributed by atoms with Crippen molar-refractivity contribution in [3.05, 3.63) is 59.4 Å². The van der Waals surface area contributed by atoms with Gasteiger partial charge in [0.05, 0.1) is 12.0 Å². The number of pyridine rings is 1. The summed E-state index contributed by atoms with van der Waals surface area (Å²) < 4.78 is 0. The van der Waals surface area contributed by atoms with Crippen molar-refractivity contribution in [2.75, 3.05) is 19.6 Å².